The molecule has 0 heterocycles. The standard InChI is InChI=1S/C31H29N3O6S/c1-31(2,3)24-17-15-22(16-18-24)30(36)23-9-7-10-25(19-23)32-29(35)21-33(26-11-8-12-27(20-26)34(37)38)41(39,40)28-13-5-4-6-14-28/h4-20H,21H2,1-3H3,(H,32,35). The normalized spacial score (nSPS) is 11.5. The molecule has 0 bridgehead atoms. The molecule has 4 aromatic carbocycles. The van der Waals surface area contributed by atoms with E-state index in [-0.39, 0.29) is 27.5 Å². The van der Waals surface area contributed by atoms with E-state index in [1.54, 1.807) is 36.4 Å². The molecule has 0 aliphatic heterocycles. The lowest BCUT2D eigenvalue weighted by Crippen LogP contribution is -2.38. The van der Waals surface area contributed by atoms with Crippen LogP contribution >= 0.6 is 0 Å². The fourth-order valence-corrected chi connectivity index (χ4v) is 5.59. The van der Waals surface area contributed by atoms with Gasteiger partial charge in [-0.15, -0.1) is 0 Å². The van der Waals surface area contributed by atoms with Crippen molar-refractivity contribution in [2.24, 2.45) is 0 Å². The number of nitrogens with zero attached hydrogens (tertiary/aromatic N) is 2. The smallest absolute Gasteiger partial charge is 0.271 e. The van der Waals surface area contributed by atoms with Crippen LogP contribution in [0.4, 0.5) is 17.1 Å². The third-order valence-corrected chi connectivity index (χ3v) is 8.16. The number of nitrogens with one attached hydrogen (secondary N) is 1. The maximum atomic E-state index is 13.5. The quantitative estimate of drug-likeness (QED) is 0.150. The van der Waals surface area contributed by atoms with E-state index in [0.29, 0.717) is 16.8 Å². The summed E-state index contributed by atoms with van der Waals surface area (Å²) >= 11 is 0. The van der Waals surface area contributed by atoms with Crippen LogP contribution in [0.15, 0.2) is 108 Å². The molecule has 0 radical (unpaired) electrons. The second-order valence-electron chi connectivity index (χ2n) is 10.4. The Kier molecular flexibility index (Phi) is 8.34. The van der Waals surface area contributed by atoms with Crippen molar-refractivity contribution in [3.8, 4) is 0 Å². The van der Waals surface area contributed by atoms with Gasteiger partial charge in [0.05, 0.1) is 15.5 Å². The van der Waals surface area contributed by atoms with E-state index < -0.39 is 27.4 Å². The van der Waals surface area contributed by atoms with Crippen LogP contribution in [0.5, 0.6) is 0 Å². The van der Waals surface area contributed by atoms with E-state index in [1.165, 1.54) is 48.5 Å². The summed E-state index contributed by atoms with van der Waals surface area (Å²) in [6, 6.07) is 26.2. The van der Waals surface area contributed by atoms with Gasteiger partial charge in [-0.1, -0.05) is 81.4 Å². The molecule has 0 saturated carbocycles. The highest BCUT2D eigenvalue weighted by atomic mass is 32.2. The number of anilines is 2. The minimum Gasteiger partial charge on any atom is -0.324 e. The Balaban J connectivity index is 1.59. The molecular formula is C31H29N3O6S. The molecule has 0 aliphatic rings. The molecule has 0 unspecified atom stereocenters. The zero-order chi connectivity index (χ0) is 29.8. The zero-order valence-corrected chi connectivity index (χ0v) is 23.6. The van der Waals surface area contributed by atoms with E-state index >= 15 is 0 Å². The fourth-order valence-electron chi connectivity index (χ4n) is 4.15. The van der Waals surface area contributed by atoms with Gasteiger partial charge in [0.15, 0.2) is 5.78 Å². The maximum absolute atomic E-state index is 13.5. The number of ketones is 1. The van der Waals surface area contributed by atoms with Crippen LogP contribution in [0.1, 0.15) is 42.3 Å². The Morgan fingerprint density at radius 1 is 0.829 bits per heavy atom. The molecule has 210 valence electrons. The first-order chi connectivity index (χ1) is 19.4. The summed E-state index contributed by atoms with van der Waals surface area (Å²) < 4.78 is 27.9. The van der Waals surface area contributed by atoms with Crippen LogP contribution in [0.3, 0.4) is 0 Å². The number of benzene rings is 4. The fraction of sp³-hybridized carbons (Fsp3) is 0.161. The number of carbonyl (C=O) groups excluding carboxylic acids is 2. The van der Waals surface area contributed by atoms with Crippen molar-refractivity contribution in [3.05, 3.63) is 130 Å². The predicted octanol–water partition coefficient (Wildman–Crippen LogP) is 5.96. The Labute approximate surface area is 238 Å². The molecular weight excluding hydrogens is 542 g/mol. The molecule has 4 rings (SSSR count). The van der Waals surface area contributed by atoms with E-state index in [2.05, 4.69) is 26.1 Å². The van der Waals surface area contributed by atoms with Gasteiger partial charge in [-0.05, 0) is 41.3 Å². The van der Waals surface area contributed by atoms with Crippen LogP contribution in [-0.4, -0.2) is 31.6 Å². The second kappa shape index (κ2) is 11.7. The predicted molar refractivity (Wildman–Crippen MR) is 158 cm³/mol. The minimum absolute atomic E-state index is 0.0409. The van der Waals surface area contributed by atoms with Crippen molar-refractivity contribution >= 4 is 38.8 Å². The van der Waals surface area contributed by atoms with Gasteiger partial charge in [-0.25, -0.2) is 8.42 Å². The molecule has 1 N–H and O–H groups in total. The molecule has 0 aliphatic carbocycles. The van der Waals surface area contributed by atoms with Crippen molar-refractivity contribution in [2.45, 2.75) is 31.1 Å². The van der Waals surface area contributed by atoms with Gasteiger partial charge in [0.25, 0.3) is 15.7 Å². The van der Waals surface area contributed by atoms with Crippen LogP contribution < -0.4 is 9.62 Å². The van der Waals surface area contributed by atoms with Gasteiger partial charge >= 0.3 is 0 Å². The van der Waals surface area contributed by atoms with Crippen LogP contribution in [0.2, 0.25) is 0 Å². The SMILES string of the molecule is CC(C)(C)c1ccc(C(=O)c2cccc(NC(=O)CN(c3cccc([N+](=O)[O-])c3)S(=O)(=O)c3ccccc3)c2)cc1. The summed E-state index contributed by atoms with van der Waals surface area (Å²) in [6.07, 6.45) is 0. The summed E-state index contributed by atoms with van der Waals surface area (Å²) in [6.45, 7) is 5.59. The van der Waals surface area contributed by atoms with Crippen molar-refractivity contribution in [2.75, 3.05) is 16.2 Å². The molecule has 0 spiro atoms. The van der Waals surface area contributed by atoms with Crippen molar-refractivity contribution in [1.29, 1.82) is 0 Å². The number of amides is 1. The number of nitro benzene ring substituents is 1. The lowest BCUT2D eigenvalue weighted by Gasteiger charge is -2.24. The van der Waals surface area contributed by atoms with Gasteiger partial charge in [-0.3, -0.25) is 24.0 Å². The number of hydrogen-bond donors (Lipinski definition) is 1. The highest BCUT2D eigenvalue weighted by Gasteiger charge is 2.28. The number of hydrogen-bond acceptors (Lipinski definition) is 6. The second-order valence-corrected chi connectivity index (χ2v) is 12.2. The van der Waals surface area contributed by atoms with Gasteiger partial charge in [-0.2, -0.15) is 0 Å². The number of nitro groups is 1. The lowest BCUT2D eigenvalue weighted by molar-refractivity contribution is -0.384. The van der Waals surface area contributed by atoms with E-state index in [9.17, 15) is 28.1 Å². The van der Waals surface area contributed by atoms with E-state index in [4.69, 9.17) is 0 Å². The Bertz CT molecular complexity index is 1700. The topological polar surface area (TPSA) is 127 Å². The third kappa shape index (κ3) is 6.85. The molecule has 41 heavy (non-hydrogen) atoms. The van der Waals surface area contributed by atoms with Gasteiger partial charge in [0.1, 0.15) is 6.54 Å². The Morgan fingerprint density at radius 2 is 1.49 bits per heavy atom. The molecule has 0 fully saturated rings. The molecule has 4 aromatic rings. The summed E-state index contributed by atoms with van der Waals surface area (Å²) in [5, 5.41) is 14.0. The highest BCUT2D eigenvalue weighted by molar-refractivity contribution is 7.92. The Hall–Kier alpha value is -4.83. The summed E-state index contributed by atoms with van der Waals surface area (Å²) in [7, 11) is -4.26. The van der Waals surface area contributed by atoms with Gasteiger partial charge in [0.2, 0.25) is 5.91 Å². The first-order valence-electron chi connectivity index (χ1n) is 12.7. The molecule has 1 amide bonds. The molecule has 0 atom stereocenters. The van der Waals surface area contributed by atoms with E-state index in [0.717, 1.165) is 15.9 Å². The number of sulfonamides is 1. The first kappa shape index (κ1) is 29.2. The number of non-ortho nitro benzene ring substituents is 1. The molecule has 10 heteroatoms. The van der Waals surface area contributed by atoms with Crippen molar-refractivity contribution in [3.63, 3.8) is 0 Å². The first-order valence-corrected chi connectivity index (χ1v) is 14.2. The largest absolute Gasteiger partial charge is 0.324 e. The zero-order valence-electron chi connectivity index (χ0n) is 22.8. The van der Waals surface area contributed by atoms with Gasteiger partial charge in [0, 0.05) is 28.9 Å². The maximum Gasteiger partial charge on any atom is 0.271 e. The highest BCUT2D eigenvalue weighted by Crippen LogP contribution is 2.27. The number of rotatable bonds is 9. The molecule has 0 saturated heterocycles. The minimum atomic E-state index is -4.26. The lowest BCUT2D eigenvalue weighted by atomic mass is 9.86. The average Bonchev–Trinajstić information content (AvgIpc) is 2.95. The van der Waals surface area contributed by atoms with Crippen LogP contribution in [-0.2, 0) is 20.2 Å². The summed E-state index contributed by atoms with van der Waals surface area (Å²) in [5.74, 6) is -0.929. The van der Waals surface area contributed by atoms with Gasteiger partial charge < -0.3 is 5.32 Å². The molecule has 0 aromatic heterocycles. The number of carbonyl (C=O) groups is 2. The van der Waals surface area contributed by atoms with Crippen molar-refractivity contribution in [1.82, 2.24) is 0 Å². The monoisotopic (exact) mass is 571 g/mol. The molecule has 9 nitrogen and oxygen atoms in total. The summed E-state index contributed by atoms with van der Waals surface area (Å²) in [5.41, 5.74) is 1.81. The van der Waals surface area contributed by atoms with E-state index in [1.807, 2.05) is 12.1 Å². The average molecular weight is 572 g/mol. The van der Waals surface area contributed by atoms with Crippen LogP contribution in [0.25, 0.3) is 0 Å². The van der Waals surface area contributed by atoms with Crippen LogP contribution in [0, 0.1) is 10.1 Å². The van der Waals surface area contributed by atoms with Crippen molar-refractivity contribution < 1.29 is 22.9 Å². The Morgan fingerprint density at radius 3 is 2.12 bits per heavy atom. The third-order valence-electron chi connectivity index (χ3n) is 6.37. The summed E-state index contributed by atoms with van der Waals surface area (Å²) in [4.78, 5) is 36.9.